The average Bonchev–Trinajstić information content (AvgIpc) is 2.80. The number of thiol groups is 2. The Kier molecular flexibility index (Phi) is 14.3. The van der Waals surface area contributed by atoms with Gasteiger partial charge in [0.05, 0.1) is 6.61 Å². The molecule has 0 aliphatic rings. The molecule has 0 atom stereocenters. The molecule has 0 fully saturated rings. The highest BCUT2D eigenvalue weighted by Crippen LogP contribution is 2.39. The third-order valence-corrected chi connectivity index (χ3v) is 6.42. The van der Waals surface area contributed by atoms with E-state index < -0.39 is 0 Å². The number of aliphatic hydroxyl groups is 1. The van der Waals surface area contributed by atoms with E-state index in [9.17, 15) is 9.59 Å². The smallest absolute Gasteiger partial charge is 0.151 e. The maximum atomic E-state index is 10.9. The molecule has 0 spiro atoms. The van der Waals surface area contributed by atoms with Crippen molar-refractivity contribution in [3.63, 3.8) is 0 Å². The van der Waals surface area contributed by atoms with Crippen molar-refractivity contribution in [2.75, 3.05) is 0 Å². The Morgan fingerprint density at radius 3 is 1.55 bits per heavy atom. The van der Waals surface area contributed by atoms with Crippen LogP contribution in [0.4, 0.5) is 0 Å². The van der Waals surface area contributed by atoms with Gasteiger partial charge in [0.15, 0.2) is 12.6 Å². The lowest BCUT2D eigenvalue weighted by atomic mass is 10.2. The molecule has 0 aliphatic heterocycles. The van der Waals surface area contributed by atoms with E-state index in [1.807, 2.05) is 81.9 Å². The van der Waals surface area contributed by atoms with E-state index in [0.717, 1.165) is 32.8 Å². The standard InChI is InChI=1S/C14H10O2S2.C7H8OS.HIS/c15-9-11-5-1-3-7-13(11)17-18-14-8-4-2-6-12(14)10-16;8-5-6-3-1-2-4-7(6)9;1-2/h1-10H;1-4,8-9H,5H2;2H. The zero-order valence-electron chi connectivity index (χ0n) is 15.1. The molecule has 0 saturated carbocycles. The summed E-state index contributed by atoms with van der Waals surface area (Å²) >= 11 is 5.96. The van der Waals surface area contributed by atoms with E-state index in [1.165, 1.54) is 21.6 Å². The molecule has 0 aliphatic carbocycles. The van der Waals surface area contributed by atoms with Crippen molar-refractivity contribution in [1.82, 2.24) is 0 Å². The molecule has 0 radical (unpaired) electrons. The van der Waals surface area contributed by atoms with E-state index in [1.54, 1.807) is 12.1 Å². The predicted molar refractivity (Wildman–Crippen MR) is 138 cm³/mol. The Bertz CT molecular complexity index is 855. The van der Waals surface area contributed by atoms with Crippen molar-refractivity contribution < 1.29 is 14.7 Å². The van der Waals surface area contributed by atoms with Crippen LogP contribution in [0.3, 0.4) is 0 Å². The Labute approximate surface area is 201 Å². The maximum Gasteiger partial charge on any atom is 0.151 e. The number of carbonyl (C=O) groups excluding carboxylic acids is 2. The quantitative estimate of drug-likeness (QED) is 0.130. The molecule has 0 heterocycles. The van der Waals surface area contributed by atoms with Gasteiger partial charge in [-0.3, -0.25) is 9.59 Å². The SMILES string of the molecule is O=Cc1ccccc1SSc1ccccc1C=O.OCc1ccccc1S.SI. The normalized spacial score (nSPS) is 9.38. The lowest BCUT2D eigenvalue weighted by Crippen LogP contribution is -1.84. The predicted octanol–water partition coefficient (Wildman–Crippen LogP) is 6.84. The first-order valence-corrected chi connectivity index (χ1v) is 14.0. The first-order valence-electron chi connectivity index (χ1n) is 8.17. The van der Waals surface area contributed by atoms with E-state index in [2.05, 4.69) is 22.4 Å². The van der Waals surface area contributed by atoms with Gasteiger partial charge in [-0.05, 0) is 45.0 Å². The molecule has 0 aromatic heterocycles. The van der Waals surface area contributed by atoms with Crippen molar-refractivity contribution in [3.8, 4) is 0 Å². The number of benzene rings is 3. The Morgan fingerprint density at radius 1 is 0.759 bits per heavy atom. The van der Waals surface area contributed by atoms with Crippen LogP contribution in [-0.4, -0.2) is 17.7 Å². The molecule has 3 aromatic carbocycles. The topological polar surface area (TPSA) is 54.4 Å². The van der Waals surface area contributed by atoms with Gasteiger partial charge >= 0.3 is 0 Å². The molecule has 8 heteroatoms. The van der Waals surface area contributed by atoms with Crippen molar-refractivity contribution in [3.05, 3.63) is 89.5 Å². The minimum atomic E-state index is 0.0691. The molecule has 0 bridgehead atoms. The molecule has 0 unspecified atom stereocenters. The van der Waals surface area contributed by atoms with Crippen LogP contribution in [0.2, 0.25) is 0 Å². The molecule has 1 N–H and O–H groups in total. The number of carbonyl (C=O) groups is 2. The van der Waals surface area contributed by atoms with E-state index in [4.69, 9.17) is 5.11 Å². The van der Waals surface area contributed by atoms with E-state index in [-0.39, 0.29) is 6.61 Å². The molecule has 3 rings (SSSR count). The number of rotatable bonds is 6. The third-order valence-electron chi connectivity index (χ3n) is 3.48. The molecule has 0 saturated heterocycles. The summed E-state index contributed by atoms with van der Waals surface area (Å²) in [5.41, 5.74) is 2.21. The molecule has 3 nitrogen and oxygen atoms in total. The number of halogens is 1. The first-order chi connectivity index (χ1) is 14.2. The van der Waals surface area contributed by atoms with Gasteiger partial charge in [0.25, 0.3) is 0 Å². The second-order valence-electron chi connectivity index (χ2n) is 5.26. The van der Waals surface area contributed by atoms with Gasteiger partial charge in [0, 0.05) is 25.8 Å². The summed E-state index contributed by atoms with van der Waals surface area (Å²) in [6.45, 7) is 0.0691. The van der Waals surface area contributed by atoms with Gasteiger partial charge in [0.1, 0.15) is 0 Å². The molecular formula is C21H19IO3S4. The minimum Gasteiger partial charge on any atom is -0.392 e. The maximum absolute atomic E-state index is 10.9. The van der Waals surface area contributed by atoms with Gasteiger partial charge in [-0.15, -0.1) is 22.4 Å². The lowest BCUT2D eigenvalue weighted by Gasteiger charge is -2.05. The van der Waals surface area contributed by atoms with Gasteiger partial charge in [-0.2, -0.15) is 0 Å². The van der Waals surface area contributed by atoms with Crippen molar-refractivity contribution >= 4 is 77.8 Å². The van der Waals surface area contributed by atoms with Crippen molar-refractivity contribution in [2.45, 2.75) is 21.3 Å². The van der Waals surface area contributed by atoms with E-state index >= 15 is 0 Å². The van der Waals surface area contributed by atoms with Crippen LogP contribution >= 0.6 is 65.2 Å². The van der Waals surface area contributed by atoms with Crippen molar-refractivity contribution in [2.24, 2.45) is 0 Å². The fourth-order valence-corrected chi connectivity index (χ4v) is 4.60. The zero-order valence-corrected chi connectivity index (χ0v) is 20.7. The monoisotopic (exact) mass is 574 g/mol. The van der Waals surface area contributed by atoms with Crippen LogP contribution in [0.15, 0.2) is 87.5 Å². The highest BCUT2D eigenvalue weighted by molar-refractivity contribution is 14.2. The van der Waals surface area contributed by atoms with Crippen molar-refractivity contribution in [1.29, 1.82) is 0 Å². The van der Waals surface area contributed by atoms with Crippen LogP contribution < -0.4 is 0 Å². The molecule has 29 heavy (non-hydrogen) atoms. The molecule has 0 amide bonds. The first kappa shape index (κ1) is 26.1. The summed E-state index contributed by atoms with van der Waals surface area (Å²) in [5.74, 6) is 0. The highest BCUT2D eigenvalue weighted by atomic mass is 127. The number of aliphatic hydroxyl groups excluding tert-OH is 1. The third kappa shape index (κ3) is 9.18. The van der Waals surface area contributed by atoms with Gasteiger partial charge in [-0.1, -0.05) is 76.2 Å². The van der Waals surface area contributed by atoms with Crippen LogP contribution in [0.1, 0.15) is 26.3 Å². The Morgan fingerprint density at radius 2 is 1.17 bits per heavy atom. The number of hydrogen-bond donors (Lipinski definition) is 3. The summed E-state index contributed by atoms with van der Waals surface area (Å²) in [6, 6.07) is 22.3. The molecular weight excluding hydrogens is 555 g/mol. The van der Waals surface area contributed by atoms with Gasteiger partial charge < -0.3 is 5.11 Å². The molecule has 3 aromatic rings. The summed E-state index contributed by atoms with van der Waals surface area (Å²) < 4.78 is 0. The van der Waals surface area contributed by atoms with Crippen LogP contribution in [-0.2, 0) is 6.61 Å². The summed E-state index contributed by atoms with van der Waals surface area (Å²) in [4.78, 5) is 24.4. The average molecular weight is 575 g/mol. The second kappa shape index (κ2) is 15.9. The van der Waals surface area contributed by atoms with Crippen LogP contribution in [0.5, 0.6) is 0 Å². The Hall–Kier alpha value is -0.910. The summed E-state index contributed by atoms with van der Waals surface area (Å²) in [6.07, 6.45) is 1.68. The lowest BCUT2D eigenvalue weighted by molar-refractivity contribution is 0.111. The number of aldehydes is 2. The summed E-state index contributed by atoms with van der Waals surface area (Å²) in [7, 11) is 6.46. The fourth-order valence-electron chi connectivity index (χ4n) is 2.04. The van der Waals surface area contributed by atoms with Crippen LogP contribution in [0, 0.1) is 0 Å². The van der Waals surface area contributed by atoms with E-state index in [0.29, 0.717) is 11.1 Å². The second-order valence-corrected chi connectivity index (χ2v) is 7.96. The van der Waals surface area contributed by atoms with Gasteiger partial charge in [-0.25, -0.2) is 0 Å². The zero-order chi connectivity index (χ0) is 21.5. The fraction of sp³-hybridized carbons (Fsp3) is 0.0476. The minimum absolute atomic E-state index is 0.0691. The number of hydrogen-bond acceptors (Lipinski definition) is 7. The Balaban J connectivity index is 0.000000321. The molecule has 152 valence electrons. The highest BCUT2D eigenvalue weighted by Gasteiger charge is 2.05. The largest absolute Gasteiger partial charge is 0.392 e. The summed E-state index contributed by atoms with van der Waals surface area (Å²) in [5, 5.41) is 8.67. The van der Waals surface area contributed by atoms with Gasteiger partial charge in [0.2, 0.25) is 0 Å². The van der Waals surface area contributed by atoms with Crippen LogP contribution in [0.25, 0.3) is 0 Å².